The van der Waals surface area contributed by atoms with Crippen LogP contribution in [0.25, 0.3) is 0 Å². The molecule has 1 aliphatic carbocycles. The number of hydrogen-bond donors (Lipinski definition) is 0. The number of halogens is 3. The lowest BCUT2D eigenvalue weighted by atomic mass is 9.84. The van der Waals surface area contributed by atoms with Crippen molar-refractivity contribution in [2.24, 2.45) is 5.92 Å². The summed E-state index contributed by atoms with van der Waals surface area (Å²) in [5.41, 5.74) is -0.547. The Morgan fingerprint density at radius 3 is 2.43 bits per heavy atom. The zero-order valence-corrected chi connectivity index (χ0v) is 13.4. The quantitative estimate of drug-likeness (QED) is 0.397. The van der Waals surface area contributed by atoms with Crippen LogP contribution >= 0.6 is 0 Å². The molecule has 5 heteroatoms. The van der Waals surface area contributed by atoms with Gasteiger partial charge in [-0.2, -0.15) is 0 Å². The van der Waals surface area contributed by atoms with Crippen molar-refractivity contribution < 1.29 is 22.7 Å². The highest BCUT2D eigenvalue weighted by atomic mass is 19.2. The zero-order chi connectivity index (χ0) is 16.8. The Hall–Kier alpha value is -1.52. The predicted molar refractivity (Wildman–Crippen MR) is 81.6 cm³/mol. The number of rotatable bonds is 6. The van der Waals surface area contributed by atoms with Gasteiger partial charge in [0.1, 0.15) is 6.10 Å². The molecule has 1 aromatic rings. The first kappa shape index (κ1) is 17.8. The van der Waals surface area contributed by atoms with Crippen LogP contribution in [-0.4, -0.2) is 12.1 Å². The van der Waals surface area contributed by atoms with Gasteiger partial charge in [-0.1, -0.05) is 32.6 Å². The first-order valence-electron chi connectivity index (χ1n) is 8.37. The Morgan fingerprint density at radius 2 is 1.78 bits per heavy atom. The van der Waals surface area contributed by atoms with Crippen LogP contribution in [0.1, 0.15) is 68.6 Å². The van der Waals surface area contributed by atoms with Gasteiger partial charge in [-0.05, 0) is 43.7 Å². The van der Waals surface area contributed by atoms with Crippen molar-refractivity contribution in [3.8, 4) is 0 Å². The third kappa shape index (κ3) is 4.72. The van der Waals surface area contributed by atoms with Crippen LogP contribution in [0.2, 0.25) is 0 Å². The molecule has 0 aliphatic heterocycles. The molecule has 1 saturated carbocycles. The van der Waals surface area contributed by atoms with E-state index in [0.29, 0.717) is 5.92 Å². The van der Waals surface area contributed by atoms with E-state index in [0.717, 1.165) is 37.8 Å². The van der Waals surface area contributed by atoms with Crippen molar-refractivity contribution in [2.75, 3.05) is 0 Å². The minimum atomic E-state index is -1.64. The van der Waals surface area contributed by atoms with Crippen molar-refractivity contribution in [2.45, 2.75) is 64.4 Å². The highest BCUT2D eigenvalue weighted by Crippen LogP contribution is 2.30. The molecule has 0 spiro atoms. The summed E-state index contributed by atoms with van der Waals surface area (Å²) in [6.07, 6.45) is 8.07. The van der Waals surface area contributed by atoms with Crippen LogP contribution in [-0.2, 0) is 4.74 Å². The molecule has 0 N–H and O–H groups in total. The van der Waals surface area contributed by atoms with Gasteiger partial charge in [0.05, 0.1) is 5.56 Å². The monoisotopic (exact) mass is 328 g/mol. The Bertz CT molecular complexity index is 537. The number of hydrogen-bond acceptors (Lipinski definition) is 2. The van der Waals surface area contributed by atoms with Crippen LogP contribution in [0, 0.1) is 23.4 Å². The standard InChI is InChI=1S/C18H23F3O2/c1-2-3-4-5-12-6-8-13(9-7-12)23-18(22)14-10-11-15(19)17(21)16(14)20/h10-13H,2-9H2,1H3. The van der Waals surface area contributed by atoms with Crippen LogP contribution in [0.3, 0.4) is 0 Å². The summed E-state index contributed by atoms with van der Waals surface area (Å²) < 4.78 is 44.9. The molecule has 0 amide bonds. The second-order valence-corrected chi connectivity index (χ2v) is 6.27. The number of esters is 1. The lowest BCUT2D eigenvalue weighted by Crippen LogP contribution is -2.25. The van der Waals surface area contributed by atoms with E-state index >= 15 is 0 Å². The minimum Gasteiger partial charge on any atom is -0.459 e. The topological polar surface area (TPSA) is 26.3 Å². The van der Waals surface area contributed by atoms with Gasteiger partial charge >= 0.3 is 5.97 Å². The van der Waals surface area contributed by atoms with E-state index in [1.165, 1.54) is 25.7 Å². The summed E-state index contributed by atoms with van der Waals surface area (Å²) >= 11 is 0. The number of unbranched alkanes of at least 4 members (excludes halogenated alkanes) is 2. The minimum absolute atomic E-state index is 0.266. The molecule has 0 saturated heterocycles. The molecule has 0 atom stereocenters. The van der Waals surface area contributed by atoms with Gasteiger partial charge < -0.3 is 4.74 Å². The first-order chi connectivity index (χ1) is 11.0. The lowest BCUT2D eigenvalue weighted by molar-refractivity contribution is 0.0155. The molecule has 0 bridgehead atoms. The van der Waals surface area contributed by atoms with Gasteiger partial charge in [0.2, 0.25) is 0 Å². The number of ether oxygens (including phenoxy) is 1. The fourth-order valence-electron chi connectivity index (χ4n) is 3.12. The molecule has 0 unspecified atom stereocenters. The number of carbonyl (C=O) groups is 1. The fraction of sp³-hybridized carbons (Fsp3) is 0.611. The molecule has 0 heterocycles. The van der Waals surface area contributed by atoms with Crippen molar-refractivity contribution in [1.29, 1.82) is 0 Å². The smallest absolute Gasteiger partial charge is 0.341 e. The molecule has 0 aromatic heterocycles. The Labute approximate surface area is 135 Å². The average Bonchev–Trinajstić information content (AvgIpc) is 2.54. The molecule has 1 aromatic carbocycles. The van der Waals surface area contributed by atoms with E-state index in [-0.39, 0.29) is 6.10 Å². The van der Waals surface area contributed by atoms with Crippen molar-refractivity contribution in [3.63, 3.8) is 0 Å². The second kappa shape index (κ2) is 8.37. The maximum absolute atomic E-state index is 13.6. The normalized spacial score (nSPS) is 21.2. The second-order valence-electron chi connectivity index (χ2n) is 6.27. The summed E-state index contributed by atoms with van der Waals surface area (Å²) in [4.78, 5) is 11.9. The predicted octanol–water partition coefficient (Wildman–Crippen LogP) is 5.40. The van der Waals surface area contributed by atoms with Crippen molar-refractivity contribution in [3.05, 3.63) is 35.1 Å². The van der Waals surface area contributed by atoms with E-state index in [2.05, 4.69) is 6.92 Å². The molecule has 128 valence electrons. The summed E-state index contributed by atoms with van der Waals surface area (Å²) in [5, 5.41) is 0. The van der Waals surface area contributed by atoms with Gasteiger partial charge in [0, 0.05) is 0 Å². The number of benzene rings is 1. The molecular weight excluding hydrogens is 305 g/mol. The van der Waals surface area contributed by atoms with Gasteiger partial charge in [-0.3, -0.25) is 0 Å². The summed E-state index contributed by atoms with van der Waals surface area (Å²) in [7, 11) is 0. The molecule has 23 heavy (non-hydrogen) atoms. The van der Waals surface area contributed by atoms with Gasteiger partial charge in [0.15, 0.2) is 17.5 Å². The molecule has 2 nitrogen and oxygen atoms in total. The maximum atomic E-state index is 13.6. The van der Waals surface area contributed by atoms with E-state index in [1.807, 2.05) is 0 Å². The third-order valence-corrected chi connectivity index (χ3v) is 4.54. The van der Waals surface area contributed by atoms with Crippen LogP contribution in [0.15, 0.2) is 12.1 Å². The molecular formula is C18H23F3O2. The van der Waals surface area contributed by atoms with Gasteiger partial charge in [-0.25, -0.2) is 18.0 Å². The third-order valence-electron chi connectivity index (χ3n) is 4.54. The van der Waals surface area contributed by atoms with Gasteiger partial charge in [-0.15, -0.1) is 0 Å². The molecule has 1 aliphatic rings. The van der Waals surface area contributed by atoms with Crippen molar-refractivity contribution >= 4 is 5.97 Å². The van der Waals surface area contributed by atoms with Crippen LogP contribution in [0.5, 0.6) is 0 Å². The zero-order valence-electron chi connectivity index (χ0n) is 13.4. The van der Waals surface area contributed by atoms with E-state index < -0.39 is 29.0 Å². The average molecular weight is 328 g/mol. The maximum Gasteiger partial charge on any atom is 0.341 e. The number of carbonyl (C=O) groups excluding carboxylic acids is 1. The summed E-state index contributed by atoms with van der Waals surface area (Å²) in [5.74, 6) is -4.69. The van der Waals surface area contributed by atoms with E-state index in [1.54, 1.807) is 0 Å². The SMILES string of the molecule is CCCCCC1CCC(OC(=O)c2ccc(F)c(F)c2F)CC1. The Morgan fingerprint density at radius 1 is 1.09 bits per heavy atom. The molecule has 0 radical (unpaired) electrons. The van der Waals surface area contributed by atoms with Gasteiger partial charge in [0.25, 0.3) is 0 Å². The van der Waals surface area contributed by atoms with E-state index in [4.69, 9.17) is 4.74 Å². The largest absolute Gasteiger partial charge is 0.459 e. The molecule has 2 rings (SSSR count). The summed E-state index contributed by atoms with van der Waals surface area (Å²) in [6, 6.07) is 1.66. The van der Waals surface area contributed by atoms with E-state index in [9.17, 15) is 18.0 Å². The Kier molecular flexibility index (Phi) is 6.48. The first-order valence-corrected chi connectivity index (χ1v) is 8.37. The molecule has 1 fully saturated rings. The van der Waals surface area contributed by atoms with Crippen molar-refractivity contribution in [1.82, 2.24) is 0 Å². The van der Waals surface area contributed by atoms with Crippen LogP contribution in [0.4, 0.5) is 13.2 Å². The Balaban J connectivity index is 1.84. The lowest BCUT2D eigenvalue weighted by Gasteiger charge is -2.28. The highest BCUT2D eigenvalue weighted by molar-refractivity contribution is 5.89. The summed E-state index contributed by atoms with van der Waals surface area (Å²) in [6.45, 7) is 2.17. The fourth-order valence-corrected chi connectivity index (χ4v) is 3.12. The van der Waals surface area contributed by atoms with Crippen LogP contribution < -0.4 is 0 Å². The highest BCUT2D eigenvalue weighted by Gasteiger charge is 2.26.